The number of anilines is 1. The molecule has 146 valence electrons. The van der Waals surface area contributed by atoms with Crippen molar-refractivity contribution in [3.63, 3.8) is 0 Å². The van der Waals surface area contributed by atoms with E-state index in [2.05, 4.69) is 31.4 Å². The summed E-state index contributed by atoms with van der Waals surface area (Å²) in [4.78, 5) is 12.0. The Kier molecular flexibility index (Phi) is 6.31. The second-order valence-electron chi connectivity index (χ2n) is 5.41. The molecule has 0 atom stereocenters. The number of amides is 1. The second kappa shape index (κ2) is 8.54. The van der Waals surface area contributed by atoms with Crippen molar-refractivity contribution >= 4 is 50.9 Å². The molecule has 0 unspecified atom stereocenters. The molecule has 28 heavy (non-hydrogen) atoms. The van der Waals surface area contributed by atoms with Crippen LogP contribution in [0.15, 0.2) is 56.6 Å². The van der Waals surface area contributed by atoms with Gasteiger partial charge in [-0.05, 0) is 36.4 Å². The molecule has 11 heteroatoms. The van der Waals surface area contributed by atoms with E-state index in [1.807, 2.05) is 12.1 Å². The van der Waals surface area contributed by atoms with Gasteiger partial charge in [0.25, 0.3) is 5.22 Å². The molecule has 0 fully saturated rings. The van der Waals surface area contributed by atoms with E-state index in [4.69, 9.17) is 16.0 Å². The summed E-state index contributed by atoms with van der Waals surface area (Å²) in [6.07, 6.45) is -4.61. The first-order chi connectivity index (χ1) is 13.2. The van der Waals surface area contributed by atoms with Gasteiger partial charge in [0.1, 0.15) is 0 Å². The smallest absolute Gasteiger partial charge is 0.411 e. The summed E-state index contributed by atoms with van der Waals surface area (Å²) in [5.41, 5.74) is -0.322. The third-order valence-corrected chi connectivity index (χ3v) is 5.00. The van der Waals surface area contributed by atoms with Crippen LogP contribution >= 0.6 is 39.3 Å². The van der Waals surface area contributed by atoms with Crippen molar-refractivity contribution in [1.29, 1.82) is 0 Å². The van der Waals surface area contributed by atoms with Crippen LogP contribution < -0.4 is 5.32 Å². The fourth-order valence-electron chi connectivity index (χ4n) is 2.15. The standard InChI is InChI=1S/C17H10BrClF3N3O2S/c18-10-3-1-2-9(6-10)15-24-25-16(27-15)28-8-14(26)23-11-4-5-13(19)12(7-11)17(20,21)22/h1-7H,8H2,(H,23,26). The number of rotatable bonds is 5. The van der Waals surface area contributed by atoms with E-state index in [0.29, 0.717) is 5.56 Å². The number of nitrogens with zero attached hydrogens (tertiary/aromatic N) is 2. The van der Waals surface area contributed by atoms with Crippen LogP contribution in [0.1, 0.15) is 5.56 Å². The summed E-state index contributed by atoms with van der Waals surface area (Å²) in [6, 6.07) is 10.4. The molecule has 1 amide bonds. The molecule has 0 saturated carbocycles. The monoisotopic (exact) mass is 491 g/mol. The topological polar surface area (TPSA) is 68.0 Å². The summed E-state index contributed by atoms with van der Waals surface area (Å²) in [6.45, 7) is 0. The van der Waals surface area contributed by atoms with Crippen LogP contribution in [-0.4, -0.2) is 21.9 Å². The number of benzene rings is 2. The number of hydrogen-bond donors (Lipinski definition) is 1. The summed E-state index contributed by atoms with van der Waals surface area (Å²) in [5.74, 6) is -0.358. The molecule has 0 aliphatic carbocycles. The van der Waals surface area contributed by atoms with Crippen LogP contribution in [0.2, 0.25) is 5.02 Å². The van der Waals surface area contributed by atoms with Gasteiger partial charge >= 0.3 is 6.18 Å². The number of aromatic nitrogens is 2. The van der Waals surface area contributed by atoms with Gasteiger partial charge in [-0.25, -0.2) is 0 Å². The quantitative estimate of drug-likeness (QED) is 0.449. The minimum atomic E-state index is -4.61. The minimum Gasteiger partial charge on any atom is -0.411 e. The van der Waals surface area contributed by atoms with Crippen molar-refractivity contribution in [2.75, 3.05) is 11.1 Å². The Labute approximate surface area is 174 Å². The van der Waals surface area contributed by atoms with Crippen molar-refractivity contribution < 1.29 is 22.4 Å². The number of hydrogen-bond acceptors (Lipinski definition) is 5. The zero-order valence-electron chi connectivity index (χ0n) is 13.8. The summed E-state index contributed by atoms with van der Waals surface area (Å²) < 4.78 is 44.9. The fraction of sp³-hybridized carbons (Fsp3) is 0.118. The SMILES string of the molecule is O=C(CSc1nnc(-c2cccc(Br)c2)o1)Nc1ccc(Cl)c(C(F)(F)F)c1. The molecule has 0 aliphatic heterocycles. The first-order valence-electron chi connectivity index (χ1n) is 7.61. The largest absolute Gasteiger partial charge is 0.417 e. The fourth-order valence-corrected chi connectivity index (χ4v) is 3.34. The van der Waals surface area contributed by atoms with E-state index in [-0.39, 0.29) is 22.6 Å². The maximum absolute atomic E-state index is 12.9. The Morgan fingerprint density at radius 2 is 2.00 bits per heavy atom. The third kappa shape index (κ3) is 5.27. The number of carbonyl (C=O) groups is 1. The molecule has 5 nitrogen and oxygen atoms in total. The van der Waals surface area contributed by atoms with Crippen LogP contribution in [-0.2, 0) is 11.0 Å². The van der Waals surface area contributed by atoms with E-state index >= 15 is 0 Å². The molecule has 0 aliphatic rings. The molecule has 0 saturated heterocycles. The maximum atomic E-state index is 12.9. The highest BCUT2D eigenvalue weighted by atomic mass is 79.9. The number of carbonyl (C=O) groups excluding carboxylic acids is 1. The Morgan fingerprint density at radius 3 is 2.71 bits per heavy atom. The minimum absolute atomic E-state index is 0.0114. The van der Waals surface area contributed by atoms with Gasteiger partial charge in [-0.1, -0.05) is 45.4 Å². The highest BCUT2D eigenvalue weighted by molar-refractivity contribution is 9.10. The summed E-state index contributed by atoms with van der Waals surface area (Å²) >= 11 is 9.86. The Hall–Kier alpha value is -2.04. The average Bonchev–Trinajstić information content (AvgIpc) is 3.10. The zero-order chi connectivity index (χ0) is 20.3. The molecule has 1 N–H and O–H groups in total. The second-order valence-corrected chi connectivity index (χ2v) is 7.66. The van der Waals surface area contributed by atoms with Crippen molar-refractivity contribution in [3.8, 4) is 11.5 Å². The predicted octanol–water partition coefficient (Wildman–Crippen LogP) is 5.90. The van der Waals surface area contributed by atoms with Gasteiger partial charge in [-0.15, -0.1) is 10.2 Å². The van der Waals surface area contributed by atoms with Crippen molar-refractivity contribution in [3.05, 3.63) is 57.5 Å². The van der Waals surface area contributed by atoms with Gasteiger partial charge in [-0.2, -0.15) is 13.2 Å². The molecule has 0 radical (unpaired) electrons. The van der Waals surface area contributed by atoms with Gasteiger partial charge in [-0.3, -0.25) is 4.79 Å². The van der Waals surface area contributed by atoms with Crippen LogP contribution in [0.4, 0.5) is 18.9 Å². The Balaban J connectivity index is 1.61. The number of thioether (sulfide) groups is 1. The van der Waals surface area contributed by atoms with E-state index in [1.165, 1.54) is 6.07 Å². The third-order valence-electron chi connectivity index (χ3n) is 3.36. The molecule has 2 aromatic carbocycles. The predicted molar refractivity (Wildman–Crippen MR) is 103 cm³/mol. The van der Waals surface area contributed by atoms with Crippen LogP contribution in [0.3, 0.4) is 0 Å². The number of alkyl halides is 3. The van der Waals surface area contributed by atoms with Crippen molar-refractivity contribution in [2.45, 2.75) is 11.4 Å². The lowest BCUT2D eigenvalue weighted by Gasteiger charge is -2.11. The van der Waals surface area contributed by atoms with Gasteiger partial charge in [0.2, 0.25) is 11.8 Å². The van der Waals surface area contributed by atoms with E-state index in [1.54, 1.807) is 12.1 Å². The van der Waals surface area contributed by atoms with Gasteiger partial charge in [0, 0.05) is 15.7 Å². The lowest BCUT2D eigenvalue weighted by atomic mass is 10.2. The highest BCUT2D eigenvalue weighted by Crippen LogP contribution is 2.36. The van der Waals surface area contributed by atoms with E-state index in [9.17, 15) is 18.0 Å². The first kappa shape index (κ1) is 20.7. The van der Waals surface area contributed by atoms with Gasteiger partial charge < -0.3 is 9.73 Å². The molecule has 1 aromatic heterocycles. The summed E-state index contributed by atoms with van der Waals surface area (Å²) in [5, 5.41) is 9.86. The number of nitrogens with one attached hydrogen (secondary N) is 1. The van der Waals surface area contributed by atoms with Crippen LogP contribution in [0.25, 0.3) is 11.5 Å². The average molecular weight is 493 g/mol. The molecule has 3 aromatic rings. The first-order valence-corrected chi connectivity index (χ1v) is 9.77. The van der Waals surface area contributed by atoms with Gasteiger partial charge in [0.15, 0.2) is 0 Å². The van der Waals surface area contributed by atoms with Crippen molar-refractivity contribution in [2.24, 2.45) is 0 Å². The van der Waals surface area contributed by atoms with Crippen molar-refractivity contribution in [1.82, 2.24) is 10.2 Å². The lowest BCUT2D eigenvalue weighted by molar-refractivity contribution is -0.137. The highest BCUT2D eigenvalue weighted by Gasteiger charge is 2.33. The van der Waals surface area contributed by atoms with E-state index in [0.717, 1.165) is 28.4 Å². The summed E-state index contributed by atoms with van der Waals surface area (Å²) in [7, 11) is 0. The molecule has 3 rings (SSSR count). The molecular weight excluding hydrogens is 483 g/mol. The van der Waals surface area contributed by atoms with E-state index < -0.39 is 22.7 Å². The number of halogens is 5. The Bertz CT molecular complexity index is 1010. The maximum Gasteiger partial charge on any atom is 0.417 e. The van der Waals surface area contributed by atoms with Crippen LogP contribution in [0.5, 0.6) is 0 Å². The molecular formula is C17H10BrClF3N3O2S. The lowest BCUT2D eigenvalue weighted by Crippen LogP contribution is -2.15. The normalized spacial score (nSPS) is 11.5. The Morgan fingerprint density at radius 1 is 1.21 bits per heavy atom. The molecule has 0 spiro atoms. The van der Waals surface area contributed by atoms with Crippen LogP contribution in [0, 0.1) is 0 Å². The molecule has 0 bridgehead atoms. The zero-order valence-corrected chi connectivity index (χ0v) is 16.9. The molecule has 1 heterocycles. The van der Waals surface area contributed by atoms with Gasteiger partial charge in [0.05, 0.1) is 16.3 Å².